The normalized spacial score (nSPS) is 10.5. The highest BCUT2D eigenvalue weighted by Gasteiger charge is 2.06. The van der Waals surface area contributed by atoms with Crippen molar-refractivity contribution >= 4 is 21.7 Å². The maximum absolute atomic E-state index is 13.0. The molecule has 2 aromatic rings. The van der Waals surface area contributed by atoms with Gasteiger partial charge < -0.3 is 5.73 Å². The predicted molar refractivity (Wildman–Crippen MR) is 70.3 cm³/mol. The first-order valence-electron chi connectivity index (χ1n) is 5.21. The maximum Gasteiger partial charge on any atom is 0.126 e. The van der Waals surface area contributed by atoms with E-state index >= 15 is 0 Å². The zero-order valence-corrected chi connectivity index (χ0v) is 11.0. The lowest BCUT2D eigenvalue weighted by atomic mass is 10.0. The summed E-state index contributed by atoms with van der Waals surface area (Å²) < 4.78 is 13.7. The molecule has 4 heteroatoms. The molecule has 0 amide bonds. The highest BCUT2D eigenvalue weighted by Crippen LogP contribution is 2.23. The molecule has 0 bridgehead atoms. The molecule has 2 N–H and O–H groups in total. The molecule has 0 radical (unpaired) electrons. The van der Waals surface area contributed by atoms with Gasteiger partial charge in [0.05, 0.1) is 0 Å². The fourth-order valence-electron chi connectivity index (χ4n) is 1.65. The van der Waals surface area contributed by atoms with E-state index in [0.29, 0.717) is 12.2 Å². The van der Waals surface area contributed by atoms with Gasteiger partial charge in [-0.05, 0) is 35.7 Å². The van der Waals surface area contributed by atoms with Crippen molar-refractivity contribution in [2.45, 2.75) is 13.3 Å². The highest BCUT2D eigenvalue weighted by molar-refractivity contribution is 9.10. The lowest BCUT2D eigenvalue weighted by molar-refractivity contribution is 0.626. The number of aryl methyl sites for hydroxylation is 1. The lowest BCUT2D eigenvalue weighted by Gasteiger charge is -2.08. The third-order valence-electron chi connectivity index (χ3n) is 2.53. The minimum atomic E-state index is -0.254. The van der Waals surface area contributed by atoms with Crippen LogP contribution < -0.4 is 5.73 Å². The van der Waals surface area contributed by atoms with Crippen LogP contribution in [0.4, 0.5) is 10.2 Å². The molecule has 0 fully saturated rings. The van der Waals surface area contributed by atoms with Crippen LogP contribution in [0.25, 0.3) is 0 Å². The zero-order chi connectivity index (χ0) is 12.4. The molecule has 0 saturated carbocycles. The number of aromatic nitrogens is 1. The van der Waals surface area contributed by atoms with Gasteiger partial charge in [0.25, 0.3) is 0 Å². The molecule has 0 atom stereocenters. The predicted octanol–water partition coefficient (Wildman–Crippen LogP) is 3.46. The van der Waals surface area contributed by atoms with Gasteiger partial charge >= 0.3 is 0 Å². The Morgan fingerprint density at radius 2 is 2.06 bits per heavy atom. The fraction of sp³-hybridized carbons (Fsp3) is 0.154. The monoisotopic (exact) mass is 294 g/mol. The molecule has 0 aliphatic heterocycles. The molecular formula is C13H12BrFN2. The number of hydrogen-bond acceptors (Lipinski definition) is 2. The number of hydrogen-bond donors (Lipinski definition) is 1. The fourth-order valence-corrected chi connectivity index (χ4v) is 2.14. The van der Waals surface area contributed by atoms with E-state index in [1.807, 2.05) is 13.0 Å². The van der Waals surface area contributed by atoms with E-state index in [1.54, 1.807) is 12.3 Å². The van der Waals surface area contributed by atoms with Gasteiger partial charge in [0.15, 0.2) is 0 Å². The first-order valence-corrected chi connectivity index (χ1v) is 6.00. The van der Waals surface area contributed by atoms with Crippen LogP contribution in [0.5, 0.6) is 0 Å². The molecule has 1 heterocycles. The van der Waals surface area contributed by atoms with E-state index in [-0.39, 0.29) is 5.82 Å². The Hall–Kier alpha value is -1.42. The molecule has 2 rings (SSSR count). The van der Waals surface area contributed by atoms with Crippen molar-refractivity contribution in [2.75, 3.05) is 5.73 Å². The Morgan fingerprint density at radius 1 is 1.29 bits per heavy atom. The van der Waals surface area contributed by atoms with Crippen LogP contribution in [-0.2, 0) is 6.42 Å². The number of nitrogens with zero attached hydrogens (tertiary/aromatic N) is 1. The van der Waals surface area contributed by atoms with Crippen LogP contribution in [0.15, 0.2) is 34.9 Å². The van der Waals surface area contributed by atoms with Crippen LogP contribution in [0.3, 0.4) is 0 Å². The summed E-state index contributed by atoms with van der Waals surface area (Å²) in [5.41, 5.74) is 8.83. The number of nitrogens with two attached hydrogens (primary N) is 1. The van der Waals surface area contributed by atoms with Crippen molar-refractivity contribution in [1.29, 1.82) is 0 Å². The number of halogens is 2. The van der Waals surface area contributed by atoms with Crippen molar-refractivity contribution in [1.82, 2.24) is 4.98 Å². The summed E-state index contributed by atoms with van der Waals surface area (Å²) in [5.74, 6) is 0.266. The van der Waals surface area contributed by atoms with Gasteiger partial charge in [-0.1, -0.05) is 28.1 Å². The Labute approximate surface area is 108 Å². The smallest absolute Gasteiger partial charge is 0.126 e. The minimum Gasteiger partial charge on any atom is -0.383 e. The highest BCUT2D eigenvalue weighted by atomic mass is 79.9. The van der Waals surface area contributed by atoms with Crippen molar-refractivity contribution in [2.24, 2.45) is 0 Å². The van der Waals surface area contributed by atoms with Gasteiger partial charge in [-0.25, -0.2) is 9.37 Å². The van der Waals surface area contributed by atoms with Crippen molar-refractivity contribution < 1.29 is 4.39 Å². The van der Waals surface area contributed by atoms with Crippen LogP contribution >= 0.6 is 15.9 Å². The second kappa shape index (κ2) is 4.84. The van der Waals surface area contributed by atoms with Crippen LogP contribution in [0, 0.1) is 12.7 Å². The molecule has 0 spiro atoms. The minimum absolute atomic E-state index is 0.254. The topological polar surface area (TPSA) is 38.9 Å². The molecule has 1 aromatic heterocycles. The Balaban J connectivity index is 2.34. The summed E-state index contributed by atoms with van der Waals surface area (Å²) in [7, 11) is 0. The largest absolute Gasteiger partial charge is 0.383 e. The molecule has 17 heavy (non-hydrogen) atoms. The van der Waals surface area contributed by atoms with Gasteiger partial charge in [-0.15, -0.1) is 0 Å². The quantitative estimate of drug-likeness (QED) is 0.921. The Bertz CT molecular complexity index is 555. The summed E-state index contributed by atoms with van der Waals surface area (Å²) in [6, 6.07) is 6.65. The molecule has 2 nitrogen and oxygen atoms in total. The summed E-state index contributed by atoms with van der Waals surface area (Å²) in [4.78, 5) is 4.11. The lowest BCUT2D eigenvalue weighted by Crippen LogP contribution is -2.00. The number of rotatable bonds is 2. The first-order chi connectivity index (χ1) is 8.06. The molecule has 0 saturated heterocycles. The summed E-state index contributed by atoms with van der Waals surface area (Å²) in [6.07, 6.45) is 2.37. The first kappa shape index (κ1) is 12.0. The number of benzene rings is 1. The average molecular weight is 295 g/mol. The van der Waals surface area contributed by atoms with E-state index in [4.69, 9.17) is 5.73 Å². The summed E-state index contributed by atoms with van der Waals surface area (Å²) in [6.45, 7) is 1.97. The molecule has 1 aromatic carbocycles. The molecule has 0 aliphatic rings. The van der Waals surface area contributed by atoms with Crippen molar-refractivity contribution in [3.8, 4) is 0 Å². The van der Waals surface area contributed by atoms with Gasteiger partial charge in [0.1, 0.15) is 11.6 Å². The SMILES string of the molecule is Cc1cnc(N)c(Cc2ccc(F)cc2Br)c1. The third kappa shape index (κ3) is 2.82. The molecule has 88 valence electrons. The summed E-state index contributed by atoms with van der Waals surface area (Å²) >= 11 is 3.35. The second-order valence-electron chi connectivity index (χ2n) is 3.97. The van der Waals surface area contributed by atoms with Crippen molar-refractivity contribution in [3.05, 3.63) is 57.4 Å². The van der Waals surface area contributed by atoms with E-state index in [2.05, 4.69) is 20.9 Å². The standard InChI is InChI=1S/C13H12BrFN2/c1-8-4-10(13(16)17-7-8)5-9-2-3-11(15)6-12(9)14/h2-4,6-7H,5H2,1H3,(H2,16,17). The molecular weight excluding hydrogens is 283 g/mol. The number of pyridine rings is 1. The maximum atomic E-state index is 13.0. The van der Waals surface area contributed by atoms with Crippen molar-refractivity contribution in [3.63, 3.8) is 0 Å². The van der Waals surface area contributed by atoms with Gasteiger partial charge in [-0.3, -0.25) is 0 Å². The molecule has 0 aliphatic carbocycles. The zero-order valence-electron chi connectivity index (χ0n) is 9.37. The average Bonchev–Trinajstić information content (AvgIpc) is 2.27. The number of nitrogen functional groups attached to an aromatic ring is 1. The van der Waals surface area contributed by atoms with Gasteiger partial charge in [-0.2, -0.15) is 0 Å². The Kier molecular flexibility index (Phi) is 3.43. The van der Waals surface area contributed by atoms with E-state index in [0.717, 1.165) is 21.2 Å². The van der Waals surface area contributed by atoms with E-state index in [9.17, 15) is 4.39 Å². The summed E-state index contributed by atoms with van der Waals surface area (Å²) in [5, 5.41) is 0. The Morgan fingerprint density at radius 3 is 2.76 bits per heavy atom. The van der Waals surface area contributed by atoms with E-state index in [1.165, 1.54) is 12.1 Å². The van der Waals surface area contributed by atoms with Crippen LogP contribution in [0.2, 0.25) is 0 Å². The van der Waals surface area contributed by atoms with E-state index < -0.39 is 0 Å². The third-order valence-corrected chi connectivity index (χ3v) is 3.27. The van der Waals surface area contributed by atoms with Gasteiger partial charge in [0, 0.05) is 17.1 Å². The van der Waals surface area contributed by atoms with Crippen LogP contribution in [0.1, 0.15) is 16.7 Å². The molecule has 0 unspecified atom stereocenters. The van der Waals surface area contributed by atoms with Gasteiger partial charge in [0.2, 0.25) is 0 Å². The number of anilines is 1. The second-order valence-corrected chi connectivity index (χ2v) is 4.82. The van der Waals surface area contributed by atoms with Crippen LogP contribution in [-0.4, -0.2) is 4.98 Å².